The lowest BCUT2D eigenvalue weighted by molar-refractivity contribution is -0.137. The molecule has 132 valence electrons. The minimum Gasteiger partial charge on any atom is -0.268 e. The largest absolute Gasteiger partial charge is 0.416 e. The van der Waals surface area contributed by atoms with Crippen molar-refractivity contribution >= 4 is 29.5 Å². The van der Waals surface area contributed by atoms with Gasteiger partial charge in [0.05, 0.1) is 5.56 Å². The molecule has 0 aliphatic carbocycles. The van der Waals surface area contributed by atoms with Crippen LogP contribution < -0.4 is 10.9 Å². The number of aromatic nitrogens is 2. The number of carbonyl (C=O) groups is 1. The molecule has 25 heavy (non-hydrogen) atoms. The monoisotopic (exact) mass is 370 g/mol. The zero-order chi connectivity index (χ0) is 18.6. The summed E-state index contributed by atoms with van der Waals surface area (Å²) < 4.78 is 38.1. The number of benzene rings is 1. The topological polar surface area (TPSA) is 66.9 Å². The molecular formula is C16H14ClF3N4O. The predicted octanol–water partition coefficient (Wildman–Crippen LogP) is 3.92. The van der Waals surface area contributed by atoms with Gasteiger partial charge in [-0.1, -0.05) is 11.6 Å². The number of rotatable bonds is 4. The van der Waals surface area contributed by atoms with Crippen molar-refractivity contribution in [2.24, 2.45) is 0 Å². The molecule has 0 saturated heterocycles. The lowest BCUT2D eigenvalue weighted by Crippen LogP contribution is -2.28. The van der Waals surface area contributed by atoms with Gasteiger partial charge < -0.3 is 0 Å². The summed E-state index contributed by atoms with van der Waals surface area (Å²) >= 11 is 5.85. The molecule has 0 bridgehead atoms. The van der Waals surface area contributed by atoms with Gasteiger partial charge in [-0.25, -0.2) is 9.97 Å². The van der Waals surface area contributed by atoms with Crippen LogP contribution in [0.1, 0.15) is 22.5 Å². The molecule has 1 heterocycles. The smallest absolute Gasteiger partial charge is 0.268 e. The van der Waals surface area contributed by atoms with Crippen LogP contribution >= 0.6 is 11.6 Å². The molecule has 1 amide bonds. The Morgan fingerprint density at radius 1 is 1.16 bits per heavy atom. The lowest BCUT2D eigenvalue weighted by atomic mass is 10.1. The second kappa shape index (κ2) is 7.52. The molecular weight excluding hydrogens is 357 g/mol. The molecule has 2 aromatic rings. The average molecular weight is 371 g/mol. The molecule has 0 aliphatic rings. The first-order valence-corrected chi connectivity index (χ1v) is 7.46. The highest BCUT2D eigenvalue weighted by atomic mass is 35.5. The fourth-order valence-corrected chi connectivity index (χ4v) is 2.13. The molecule has 0 aliphatic heterocycles. The van der Waals surface area contributed by atoms with Crippen molar-refractivity contribution in [3.8, 4) is 0 Å². The van der Waals surface area contributed by atoms with Crippen molar-refractivity contribution in [3.05, 3.63) is 57.9 Å². The number of amides is 1. The summed E-state index contributed by atoms with van der Waals surface area (Å²) in [6.07, 6.45) is -2.24. The van der Waals surface area contributed by atoms with Crippen molar-refractivity contribution in [3.63, 3.8) is 0 Å². The standard InChI is InChI=1S/C16H14ClF3N4O/c1-9-7-10(2)22-15(21-9)24-23-14(25)6-3-11-8-12(16(18,19)20)4-5-13(11)17/h3-8H,1-2H3,(H,23,25)(H,21,22,24). The molecule has 1 aromatic heterocycles. The van der Waals surface area contributed by atoms with Gasteiger partial charge in [-0.3, -0.25) is 15.6 Å². The molecule has 0 unspecified atom stereocenters. The highest BCUT2D eigenvalue weighted by molar-refractivity contribution is 6.32. The maximum absolute atomic E-state index is 12.7. The zero-order valence-electron chi connectivity index (χ0n) is 13.3. The van der Waals surface area contributed by atoms with Crippen LogP contribution in [0.2, 0.25) is 5.02 Å². The van der Waals surface area contributed by atoms with E-state index in [9.17, 15) is 18.0 Å². The molecule has 0 saturated carbocycles. The Morgan fingerprint density at radius 3 is 2.40 bits per heavy atom. The Hall–Kier alpha value is -2.61. The Balaban J connectivity index is 2.05. The Kier molecular flexibility index (Phi) is 5.63. The van der Waals surface area contributed by atoms with Gasteiger partial charge in [0.25, 0.3) is 5.91 Å². The minimum absolute atomic E-state index is 0.0780. The van der Waals surface area contributed by atoms with Crippen LogP contribution in [-0.2, 0) is 11.0 Å². The highest BCUT2D eigenvalue weighted by Gasteiger charge is 2.30. The van der Waals surface area contributed by atoms with Crippen molar-refractivity contribution in [2.45, 2.75) is 20.0 Å². The van der Waals surface area contributed by atoms with Gasteiger partial charge in [0, 0.05) is 22.5 Å². The molecule has 0 atom stereocenters. The van der Waals surface area contributed by atoms with Crippen LogP contribution in [0.25, 0.3) is 6.08 Å². The van der Waals surface area contributed by atoms with Gasteiger partial charge in [0.15, 0.2) is 0 Å². The molecule has 0 spiro atoms. The van der Waals surface area contributed by atoms with Crippen LogP contribution in [0.4, 0.5) is 19.1 Å². The van der Waals surface area contributed by atoms with E-state index < -0.39 is 17.6 Å². The molecule has 5 nitrogen and oxygen atoms in total. The van der Waals surface area contributed by atoms with Crippen LogP contribution in [0.15, 0.2) is 30.3 Å². The Bertz CT molecular complexity index is 801. The molecule has 1 aromatic carbocycles. The van der Waals surface area contributed by atoms with Crippen LogP contribution in [-0.4, -0.2) is 15.9 Å². The van der Waals surface area contributed by atoms with Crippen molar-refractivity contribution in [1.29, 1.82) is 0 Å². The van der Waals surface area contributed by atoms with E-state index in [1.807, 2.05) is 0 Å². The molecule has 0 radical (unpaired) electrons. The van der Waals surface area contributed by atoms with Crippen molar-refractivity contribution < 1.29 is 18.0 Å². The van der Waals surface area contributed by atoms with Crippen molar-refractivity contribution in [2.75, 3.05) is 5.43 Å². The summed E-state index contributed by atoms with van der Waals surface area (Å²) in [6, 6.07) is 4.64. The zero-order valence-corrected chi connectivity index (χ0v) is 14.0. The summed E-state index contributed by atoms with van der Waals surface area (Å²) in [7, 11) is 0. The first kappa shape index (κ1) is 18.7. The fraction of sp³-hybridized carbons (Fsp3) is 0.188. The van der Waals surface area contributed by atoms with Gasteiger partial charge in [-0.2, -0.15) is 13.2 Å². The van der Waals surface area contributed by atoms with E-state index in [0.717, 1.165) is 35.7 Å². The minimum atomic E-state index is -4.49. The van der Waals surface area contributed by atoms with E-state index in [1.165, 1.54) is 6.08 Å². The lowest BCUT2D eigenvalue weighted by Gasteiger charge is -2.08. The van der Waals surface area contributed by atoms with Crippen LogP contribution in [0.3, 0.4) is 0 Å². The SMILES string of the molecule is Cc1cc(C)nc(NNC(=O)C=Cc2cc(C(F)(F)F)ccc2Cl)n1. The van der Waals surface area contributed by atoms with Gasteiger partial charge in [0.2, 0.25) is 5.95 Å². The number of nitrogens with zero attached hydrogens (tertiary/aromatic N) is 2. The third-order valence-electron chi connectivity index (χ3n) is 3.02. The number of nitrogens with one attached hydrogen (secondary N) is 2. The number of aryl methyl sites for hydroxylation is 2. The Labute approximate surface area is 146 Å². The van der Waals surface area contributed by atoms with Gasteiger partial charge in [0.1, 0.15) is 0 Å². The third kappa shape index (κ3) is 5.46. The van der Waals surface area contributed by atoms with E-state index in [4.69, 9.17) is 11.6 Å². The van der Waals surface area contributed by atoms with Gasteiger partial charge in [-0.05, 0) is 49.8 Å². The summed E-state index contributed by atoms with van der Waals surface area (Å²) in [5, 5.41) is 0.0997. The van der Waals surface area contributed by atoms with Crippen LogP contribution in [0.5, 0.6) is 0 Å². The third-order valence-corrected chi connectivity index (χ3v) is 3.36. The number of hydrogen-bond acceptors (Lipinski definition) is 4. The molecule has 9 heteroatoms. The molecule has 2 N–H and O–H groups in total. The number of hydrazine groups is 1. The second-order valence-electron chi connectivity index (χ2n) is 5.16. The first-order valence-electron chi connectivity index (χ1n) is 7.08. The number of hydrogen-bond donors (Lipinski definition) is 2. The number of anilines is 1. The van der Waals surface area contributed by atoms with Gasteiger partial charge in [-0.15, -0.1) is 0 Å². The predicted molar refractivity (Wildman–Crippen MR) is 88.8 cm³/mol. The van der Waals surface area contributed by atoms with E-state index in [2.05, 4.69) is 20.8 Å². The highest BCUT2D eigenvalue weighted by Crippen LogP contribution is 2.32. The maximum atomic E-state index is 12.7. The second-order valence-corrected chi connectivity index (χ2v) is 5.56. The molecule has 0 fully saturated rings. The van der Waals surface area contributed by atoms with E-state index in [-0.39, 0.29) is 16.5 Å². The number of halogens is 4. The van der Waals surface area contributed by atoms with E-state index >= 15 is 0 Å². The average Bonchev–Trinajstić information content (AvgIpc) is 2.50. The van der Waals surface area contributed by atoms with E-state index in [1.54, 1.807) is 19.9 Å². The normalized spacial score (nSPS) is 11.6. The van der Waals surface area contributed by atoms with Crippen LogP contribution in [0, 0.1) is 13.8 Å². The summed E-state index contributed by atoms with van der Waals surface area (Å²) in [5.41, 5.74) is 5.51. The summed E-state index contributed by atoms with van der Waals surface area (Å²) in [4.78, 5) is 19.9. The van der Waals surface area contributed by atoms with Gasteiger partial charge >= 0.3 is 6.18 Å². The maximum Gasteiger partial charge on any atom is 0.416 e. The number of carbonyl (C=O) groups excluding carboxylic acids is 1. The quantitative estimate of drug-likeness (QED) is 0.632. The van der Waals surface area contributed by atoms with E-state index in [0.29, 0.717) is 0 Å². The summed E-state index contributed by atoms with van der Waals surface area (Å²) in [6.45, 7) is 3.55. The first-order chi connectivity index (χ1) is 11.6. The van der Waals surface area contributed by atoms with Crippen molar-refractivity contribution in [1.82, 2.24) is 15.4 Å². The molecule has 2 rings (SSSR count). The summed E-state index contributed by atoms with van der Waals surface area (Å²) in [5.74, 6) is -0.396. The Morgan fingerprint density at radius 2 is 1.80 bits per heavy atom. The number of alkyl halides is 3. The fourth-order valence-electron chi connectivity index (χ4n) is 1.95.